The van der Waals surface area contributed by atoms with Crippen molar-refractivity contribution in [1.29, 1.82) is 0 Å². The fourth-order valence-electron chi connectivity index (χ4n) is 3.64. The molecule has 0 radical (unpaired) electrons. The van der Waals surface area contributed by atoms with E-state index in [1.807, 2.05) is 0 Å². The van der Waals surface area contributed by atoms with Crippen molar-refractivity contribution in [2.75, 3.05) is 0 Å². The molecule has 0 aromatic carbocycles. The third-order valence-corrected chi connectivity index (χ3v) is 5.19. The molecule has 1 atom stereocenters. The van der Waals surface area contributed by atoms with Gasteiger partial charge in [0, 0.05) is 0 Å². The van der Waals surface area contributed by atoms with E-state index in [2.05, 4.69) is 0 Å². The average Bonchev–Trinajstić information content (AvgIpc) is 2.51. The van der Waals surface area contributed by atoms with Crippen molar-refractivity contribution in [2.24, 2.45) is 11.7 Å². The van der Waals surface area contributed by atoms with Crippen molar-refractivity contribution in [2.45, 2.75) is 109 Å². The van der Waals surface area contributed by atoms with Crippen molar-refractivity contribution < 1.29 is 9.90 Å². The summed E-state index contributed by atoms with van der Waals surface area (Å²) in [7, 11) is 0. The first-order valence-electron chi connectivity index (χ1n) is 9.70. The Labute approximate surface area is 137 Å². The lowest BCUT2D eigenvalue weighted by Gasteiger charge is -2.20. The first-order valence-corrected chi connectivity index (χ1v) is 9.70. The highest BCUT2D eigenvalue weighted by Gasteiger charge is 2.23. The molecule has 0 heterocycles. The van der Waals surface area contributed by atoms with Crippen LogP contribution < -0.4 is 5.73 Å². The van der Waals surface area contributed by atoms with Crippen LogP contribution in [0.2, 0.25) is 0 Å². The number of hydrogen-bond donors (Lipinski definition) is 2. The molecule has 22 heavy (non-hydrogen) atoms. The van der Waals surface area contributed by atoms with Gasteiger partial charge in [-0.1, -0.05) is 89.9 Å². The van der Waals surface area contributed by atoms with Crippen molar-refractivity contribution in [3.05, 3.63) is 0 Å². The van der Waals surface area contributed by atoms with Gasteiger partial charge in [0.2, 0.25) is 0 Å². The second-order valence-electron chi connectivity index (χ2n) is 7.15. The molecule has 1 saturated carbocycles. The van der Waals surface area contributed by atoms with Crippen LogP contribution in [0.15, 0.2) is 0 Å². The molecule has 1 aliphatic carbocycles. The fraction of sp³-hybridized carbons (Fsp3) is 0.947. The largest absolute Gasteiger partial charge is 0.480 e. The molecule has 3 heteroatoms. The fourth-order valence-corrected chi connectivity index (χ4v) is 3.64. The van der Waals surface area contributed by atoms with Crippen LogP contribution in [-0.4, -0.2) is 17.1 Å². The molecule has 0 spiro atoms. The van der Waals surface area contributed by atoms with Gasteiger partial charge in [0.1, 0.15) is 6.04 Å². The Morgan fingerprint density at radius 2 is 0.955 bits per heavy atom. The summed E-state index contributed by atoms with van der Waals surface area (Å²) in [6, 6.07) is -0.665. The molecule has 0 aromatic rings. The third kappa shape index (κ3) is 9.45. The van der Waals surface area contributed by atoms with Crippen LogP contribution in [0.25, 0.3) is 0 Å². The Balaban J connectivity index is 2.35. The van der Waals surface area contributed by atoms with Crippen LogP contribution in [0.1, 0.15) is 103 Å². The molecular formula is C19H37NO2. The van der Waals surface area contributed by atoms with E-state index < -0.39 is 12.0 Å². The van der Waals surface area contributed by atoms with Gasteiger partial charge in [0.05, 0.1) is 0 Å². The number of carbonyl (C=O) groups is 1. The standard InChI is InChI=1S/C19H37NO2/c20-18(19(21)22)17-15-13-11-9-7-5-3-1-2-4-6-8-10-12-14-16-17/h17-18H,1-16,20H2,(H,21,22)/t18-/m0/s1. The molecule has 130 valence electrons. The molecule has 1 rings (SSSR count). The van der Waals surface area contributed by atoms with Gasteiger partial charge in [-0.3, -0.25) is 4.79 Å². The number of carboxylic acids is 1. The van der Waals surface area contributed by atoms with E-state index in [1.54, 1.807) is 0 Å². The normalized spacial score (nSPS) is 23.5. The van der Waals surface area contributed by atoms with Crippen LogP contribution in [0.3, 0.4) is 0 Å². The third-order valence-electron chi connectivity index (χ3n) is 5.19. The summed E-state index contributed by atoms with van der Waals surface area (Å²) in [6.45, 7) is 0. The summed E-state index contributed by atoms with van der Waals surface area (Å²) in [5, 5.41) is 9.18. The Kier molecular flexibility index (Phi) is 11.4. The highest BCUT2D eigenvalue weighted by atomic mass is 16.4. The summed E-state index contributed by atoms with van der Waals surface area (Å²) in [5.74, 6) is -0.649. The van der Waals surface area contributed by atoms with Gasteiger partial charge in [-0.25, -0.2) is 0 Å². The van der Waals surface area contributed by atoms with Gasteiger partial charge < -0.3 is 10.8 Å². The van der Waals surface area contributed by atoms with E-state index in [4.69, 9.17) is 5.73 Å². The van der Waals surface area contributed by atoms with Crippen molar-refractivity contribution in [3.63, 3.8) is 0 Å². The second-order valence-corrected chi connectivity index (χ2v) is 7.15. The first-order chi connectivity index (χ1) is 10.7. The lowest BCUT2D eigenvalue weighted by molar-refractivity contribution is -0.140. The number of hydrogen-bond acceptors (Lipinski definition) is 2. The molecule has 1 aliphatic rings. The minimum absolute atomic E-state index is 0.174. The number of aliphatic carboxylic acids is 1. The lowest BCUT2D eigenvalue weighted by atomic mass is 9.88. The van der Waals surface area contributed by atoms with E-state index in [0.29, 0.717) is 0 Å². The Bertz CT molecular complexity index is 263. The van der Waals surface area contributed by atoms with Crippen molar-refractivity contribution in [1.82, 2.24) is 0 Å². The molecule has 1 fully saturated rings. The molecule has 0 bridgehead atoms. The predicted octanol–water partition coefficient (Wildman–Crippen LogP) is 5.27. The minimum atomic E-state index is -0.823. The second kappa shape index (κ2) is 12.9. The SMILES string of the molecule is N[C@H](C(=O)O)C1CCCCCCCCCCCCCCCC1. The summed E-state index contributed by atoms with van der Waals surface area (Å²) in [4.78, 5) is 11.2. The van der Waals surface area contributed by atoms with Crippen LogP contribution in [0.4, 0.5) is 0 Å². The van der Waals surface area contributed by atoms with Crippen LogP contribution in [-0.2, 0) is 4.79 Å². The van der Waals surface area contributed by atoms with E-state index in [0.717, 1.165) is 25.7 Å². The predicted molar refractivity (Wildman–Crippen MR) is 93.0 cm³/mol. The monoisotopic (exact) mass is 311 g/mol. The van der Waals surface area contributed by atoms with Gasteiger partial charge in [-0.2, -0.15) is 0 Å². The summed E-state index contributed by atoms with van der Waals surface area (Å²) < 4.78 is 0. The molecule has 0 saturated heterocycles. The zero-order chi connectivity index (χ0) is 16.0. The number of nitrogens with two attached hydrogens (primary N) is 1. The maximum atomic E-state index is 11.2. The van der Waals surface area contributed by atoms with E-state index in [-0.39, 0.29) is 5.92 Å². The van der Waals surface area contributed by atoms with E-state index in [9.17, 15) is 9.90 Å². The Hall–Kier alpha value is -0.570. The van der Waals surface area contributed by atoms with Gasteiger partial charge in [-0.05, 0) is 18.8 Å². The van der Waals surface area contributed by atoms with Crippen LogP contribution in [0, 0.1) is 5.92 Å². The molecule has 0 amide bonds. The smallest absolute Gasteiger partial charge is 0.320 e. The maximum absolute atomic E-state index is 11.2. The topological polar surface area (TPSA) is 63.3 Å². The molecular weight excluding hydrogens is 274 g/mol. The van der Waals surface area contributed by atoms with E-state index >= 15 is 0 Å². The van der Waals surface area contributed by atoms with Crippen molar-refractivity contribution in [3.8, 4) is 0 Å². The van der Waals surface area contributed by atoms with E-state index in [1.165, 1.54) is 77.0 Å². The Morgan fingerprint density at radius 1 is 0.682 bits per heavy atom. The zero-order valence-corrected chi connectivity index (χ0v) is 14.4. The first kappa shape index (κ1) is 19.5. The Morgan fingerprint density at radius 3 is 1.23 bits per heavy atom. The van der Waals surface area contributed by atoms with Gasteiger partial charge >= 0.3 is 5.97 Å². The van der Waals surface area contributed by atoms with Gasteiger partial charge in [0.15, 0.2) is 0 Å². The zero-order valence-electron chi connectivity index (χ0n) is 14.4. The molecule has 3 N–H and O–H groups in total. The van der Waals surface area contributed by atoms with Gasteiger partial charge in [0.25, 0.3) is 0 Å². The molecule has 0 aromatic heterocycles. The van der Waals surface area contributed by atoms with Crippen molar-refractivity contribution >= 4 is 5.97 Å². The number of carboxylic acid groups (broad SMARTS) is 1. The summed E-state index contributed by atoms with van der Waals surface area (Å²) in [6.07, 6.45) is 20.4. The van der Waals surface area contributed by atoms with Gasteiger partial charge in [-0.15, -0.1) is 0 Å². The maximum Gasteiger partial charge on any atom is 0.320 e. The lowest BCUT2D eigenvalue weighted by Crippen LogP contribution is -2.38. The average molecular weight is 312 g/mol. The highest BCUT2D eigenvalue weighted by molar-refractivity contribution is 5.73. The molecule has 0 unspecified atom stereocenters. The summed E-state index contributed by atoms with van der Waals surface area (Å²) >= 11 is 0. The molecule has 0 aliphatic heterocycles. The molecule has 3 nitrogen and oxygen atoms in total. The highest BCUT2D eigenvalue weighted by Crippen LogP contribution is 2.22. The quantitative estimate of drug-likeness (QED) is 0.730. The van der Waals surface area contributed by atoms with Crippen LogP contribution in [0.5, 0.6) is 0 Å². The number of rotatable bonds is 2. The minimum Gasteiger partial charge on any atom is -0.480 e. The summed E-state index contributed by atoms with van der Waals surface area (Å²) in [5.41, 5.74) is 5.89. The van der Waals surface area contributed by atoms with Crippen LogP contribution >= 0.6 is 0 Å².